The number of ether oxygens (including phenoxy) is 1. The molecule has 0 aliphatic heterocycles. The third-order valence-electron chi connectivity index (χ3n) is 1.99. The second-order valence-electron chi connectivity index (χ2n) is 3.17. The maximum absolute atomic E-state index is 13.0. The Labute approximate surface area is 92.0 Å². The van der Waals surface area contributed by atoms with Crippen LogP contribution in [-0.4, -0.2) is 30.8 Å². The summed E-state index contributed by atoms with van der Waals surface area (Å²) in [6.45, 7) is 0.0596. The Kier molecular flexibility index (Phi) is 4.07. The molecule has 5 nitrogen and oxygen atoms in total. The zero-order chi connectivity index (χ0) is 12.1. The summed E-state index contributed by atoms with van der Waals surface area (Å²) in [6.07, 6.45) is 0. The lowest BCUT2D eigenvalue weighted by Crippen LogP contribution is -2.36. The van der Waals surface area contributed by atoms with Crippen molar-refractivity contribution in [2.75, 3.05) is 19.0 Å². The van der Waals surface area contributed by atoms with Crippen LogP contribution in [-0.2, 0) is 4.79 Å². The summed E-state index contributed by atoms with van der Waals surface area (Å²) in [7, 11) is 1.35. The molecule has 0 aliphatic carbocycles. The summed E-state index contributed by atoms with van der Waals surface area (Å²) in [6, 6.07) is 3.14. The van der Waals surface area contributed by atoms with Gasteiger partial charge in [-0.05, 0) is 12.1 Å². The summed E-state index contributed by atoms with van der Waals surface area (Å²) < 4.78 is 17.8. The fourth-order valence-corrected chi connectivity index (χ4v) is 1.08. The van der Waals surface area contributed by atoms with Crippen LogP contribution in [0.3, 0.4) is 0 Å². The molecule has 1 unspecified atom stereocenters. The maximum Gasteiger partial charge on any atom is 0.322 e. The Balaban J connectivity index is 2.64. The molecule has 1 rings (SSSR count). The number of carbonyl (C=O) groups is 1. The summed E-state index contributed by atoms with van der Waals surface area (Å²) in [4.78, 5) is 10.4. The molecule has 0 bridgehead atoms. The zero-order valence-electron chi connectivity index (χ0n) is 8.74. The summed E-state index contributed by atoms with van der Waals surface area (Å²) in [5.74, 6) is -1.48. The van der Waals surface area contributed by atoms with E-state index in [2.05, 4.69) is 5.32 Å². The lowest BCUT2D eigenvalue weighted by atomic mass is 10.2. The van der Waals surface area contributed by atoms with Gasteiger partial charge in [0.15, 0.2) is 11.6 Å². The Bertz CT molecular complexity index is 384. The van der Waals surface area contributed by atoms with E-state index in [0.29, 0.717) is 5.69 Å². The van der Waals surface area contributed by atoms with Crippen molar-refractivity contribution < 1.29 is 19.0 Å². The lowest BCUT2D eigenvalue weighted by Gasteiger charge is -2.10. The van der Waals surface area contributed by atoms with Crippen molar-refractivity contribution in [2.45, 2.75) is 6.04 Å². The standard InChI is InChI=1S/C10H13FN2O3/c1-16-9-4-6(2-3-7(9)11)13-5-8(12)10(14)15/h2-4,8,13H,5,12H2,1H3,(H,14,15). The molecule has 1 aromatic carbocycles. The van der Waals surface area contributed by atoms with E-state index in [9.17, 15) is 9.18 Å². The molecular weight excluding hydrogens is 215 g/mol. The van der Waals surface area contributed by atoms with E-state index in [4.69, 9.17) is 15.6 Å². The van der Waals surface area contributed by atoms with Gasteiger partial charge >= 0.3 is 5.97 Å². The number of nitrogens with one attached hydrogen (secondary N) is 1. The second-order valence-corrected chi connectivity index (χ2v) is 3.17. The predicted octanol–water partition coefficient (Wildman–Crippen LogP) is 0.658. The van der Waals surface area contributed by atoms with Crippen LogP contribution in [0.5, 0.6) is 5.75 Å². The van der Waals surface area contributed by atoms with Gasteiger partial charge in [-0.3, -0.25) is 4.79 Å². The molecule has 0 saturated heterocycles. The van der Waals surface area contributed by atoms with Crippen molar-refractivity contribution in [1.82, 2.24) is 0 Å². The van der Waals surface area contributed by atoms with E-state index in [1.165, 1.54) is 25.3 Å². The smallest absolute Gasteiger partial charge is 0.322 e. The number of hydrogen-bond donors (Lipinski definition) is 3. The zero-order valence-corrected chi connectivity index (χ0v) is 8.74. The van der Waals surface area contributed by atoms with E-state index in [1.54, 1.807) is 0 Å². The van der Waals surface area contributed by atoms with Gasteiger partial charge in [0.2, 0.25) is 0 Å². The molecule has 0 saturated carbocycles. The number of nitrogens with two attached hydrogens (primary N) is 1. The van der Waals surface area contributed by atoms with Crippen LogP contribution in [0.25, 0.3) is 0 Å². The first kappa shape index (κ1) is 12.3. The SMILES string of the molecule is COc1cc(NCC(N)C(=O)O)ccc1F. The highest BCUT2D eigenvalue weighted by atomic mass is 19.1. The van der Waals surface area contributed by atoms with Crippen molar-refractivity contribution in [2.24, 2.45) is 5.73 Å². The molecule has 0 aliphatic rings. The van der Waals surface area contributed by atoms with Crippen LogP contribution in [0.15, 0.2) is 18.2 Å². The average molecular weight is 228 g/mol. The topological polar surface area (TPSA) is 84.6 Å². The van der Waals surface area contributed by atoms with Gasteiger partial charge in [0.1, 0.15) is 6.04 Å². The largest absolute Gasteiger partial charge is 0.494 e. The number of benzene rings is 1. The Hall–Kier alpha value is -1.82. The van der Waals surface area contributed by atoms with Gasteiger partial charge < -0.3 is 20.9 Å². The van der Waals surface area contributed by atoms with E-state index in [0.717, 1.165) is 0 Å². The van der Waals surface area contributed by atoms with Crippen LogP contribution in [0.4, 0.5) is 10.1 Å². The quantitative estimate of drug-likeness (QED) is 0.689. The monoisotopic (exact) mass is 228 g/mol. The van der Waals surface area contributed by atoms with Crippen molar-refractivity contribution in [3.05, 3.63) is 24.0 Å². The van der Waals surface area contributed by atoms with Crippen LogP contribution in [0, 0.1) is 5.82 Å². The fourth-order valence-electron chi connectivity index (χ4n) is 1.08. The number of halogens is 1. The van der Waals surface area contributed by atoms with Crippen molar-refractivity contribution in [3.8, 4) is 5.75 Å². The Morgan fingerprint density at radius 3 is 2.94 bits per heavy atom. The molecule has 0 heterocycles. The van der Waals surface area contributed by atoms with E-state index < -0.39 is 17.8 Å². The third-order valence-corrected chi connectivity index (χ3v) is 1.99. The number of carboxylic acid groups (broad SMARTS) is 1. The number of aliphatic carboxylic acids is 1. The first-order valence-electron chi connectivity index (χ1n) is 4.60. The molecule has 0 fully saturated rings. The highest BCUT2D eigenvalue weighted by molar-refractivity contribution is 5.74. The first-order chi connectivity index (χ1) is 7.54. The van der Waals surface area contributed by atoms with Gasteiger partial charge in [-0.1, -0.05) is 0 Å². The summed E-state index contributed by atoms with van der Waals surface area (Å²) in [5.41, 5.74) is 5.85. The van der Waals surface area contributed by atoms with Crippen LogP contribution in [0.2, 0.25) is 0 Å². The molecular formula is C10H13FN2O3. The van der Waals surface area contributed by atoms with Gasteiger partial charge in [-0.15, -0.1) is 0 Å². The summed E-state index contributed by atoms with van der Waals surface area (Å²) >= 11 is 0. The van der Waals surface area contributed by atoms with Gasteiger partial charge in [0.05, 0.1) is 7.11 Å². The third kappa shape index (κ3) is 3.09. The minimum atomic E-state index is -1.10. The van der Waals surface area contributed by atoms with E-state index in [1.807, 2.05) is 0 Å². The number of hydrogen-bond acceptors (Lipinski definition) is 4. The van der Waals surface area contributed by atoms with Crippen LogP contribution in [0.1, 0.15) is 0 Å². The number of methoxy groups -OCH3 is 1. The number of carboxylic acids is 1. The molecule has 0 radical (unpaired) electrons. The first-order valence-corrected chi connectivity index (χ1v) is 4.60. The molecule has 1 aromatic rings. The van der Waals surface area contributed by atoms with E-state index >= 15 is 0 Å². The molecule has 0 spiro atoms. The molecule has 4 N–H and O–H groups in total. The highest BCUT2D eigenvalue weighted by Gasteiger charge is 2.11. The minimum Gasteiger partial charge on any atom is -0.494 e. The van der Waals surface area contributed by atoms with Crippen molar-refractivity contribution >= 4 is 11.7 Å². The maximum atomic E-state index is 13.0. The van der Waals surface area contributed by atoms with Gasteiger partial charge in [0.25, 0.3) is 0 Å². The molecule has 88 valence electrons. The summed E-state index contributed by atoms with van der Waals surface area (Å²) in [5, 5.41) is 11.3. The van der Waals surface area contributed by atoms with E-state index in [-0.39, 0.29) is 12.3 Å². The molecule has 0 aromatic heterocycles. The minimum absolute atomic E-state index is 0.0596. The molecule has 1 atom stereocenters. The van der Waals surface area contributed by atoms with Gasteiger partial charge in [-0.25, -0.2) is 4.39 Å². The second kappa shape index (κ2) is 5.32. The van der Waals surface area contributed by atoms with Crippen molar-refractivity contribution in [3.63, 3.8) is 0 Å². The molecule has 0 amide bonds. The lowest BCUT2D eigenvalue weighted by molar-refractivity contribution is -0.138. The Morgan fingerprint density at radius 1 is 1.69 bits per heavy atom. The Morgan fingerprint density at radius 2 is 2.38 bits per heavy atom. The average Bonchev–Trinajstić information content (AvgIpc) is 2.27. The van der Waals surface area contributed by atoms with Crippen LogP contribution >= 0.6 is 0 Å². The fraction of sp³-hybridized carbons (Fsp3) is 0.300. The van der Waals surface area contributed by atoms with Gasteiger partial charge in [0, 0.05) is 18.3 Å². The normalized spacial score (nSPS) is 11.9. The highest BCUT2D eigenvalue weighted by Crippen LogP contribution is 2.21. The molecule has 6 heteroatoms. The number of rotatable bonds is 5. The van der Waals surface area contributed by atoms with Crippen LogP contribution < -0.4 is 15.8 Å². The number of anilines is 1. The van der Waals surface area contributed by atoms with Gasteiger partial charge in [-0.2, -0.15) is 0 Å². The predicted molar refractivity (Wildman–Crippen MR) is 57.1 cm³/mol. The molecule has 16 heavy (non-hydrogen) atoms. The van der Waals surface area contributed by atoms with Crippen molar-refractivity contribution in [1.29, 1.82) is 0 Å².